The zero-order valence-corrected chi connectivity index (χ0v) is 16.8. The Labute approximate surface area is 168 Å². The van der Waals surface area contributed by atoms with Crippen molar-refractivity contribution in [3.8, 4) is 27.8 Å². The van der Waals surface area contributed by atoms with Crippen LogP contribution in [0.4, 0.5) is 0 Å². The molecule has 0 aliphatic carbocycles. The second-order valence-electron chi connectivity index (χ2n) is 6.63. The highest BCUT2D eigenvalue weighted by Gasteiger charge is 2.18. The summed E-state index contributed by atoms with van der Waals surface area (Å²) < 4.78 is 10.5. The molecule has 142 valence electrons. The summed E-state index contributed by atoms with van der Waals surface area (Å²) in [7, 11) is 3.31. The molecule has 0 amide bonds. The smallest absolute Gasteiger partial charge is 0.230 e. The summed E-state index contributed by atoms with van der Waals surface area (Å²) in [5.41, 5.74) is 2.09. The maximum absolute atomic E-state index is 10.4. The van der Waals surface area contributed by atoms with Gasteiger partial charge >= 0.3 is 0 Å². The molecule has 0 bridgehead atoms. The van der Waals surface area contributed by atoms with Gasteiger partial charge in [-0.25, -0.2) is 4.98 Å². The molecule has 1 atom stereocenters. The zero-order valence-electron chi connectivity index (χ0n) is 16.0. The van der Waals surface area contributed by atoms with Crippen LogP contribution in [-0.4, -0.2) is 24.3 Å². The second kappa shape index (κ2) is 7.52. The van der Waals surface area contributed by atoms with Crippen LogP contribution >= 0.6 is 11.3 Å². The lowest BCUT2D eigenvalue weighted by Crippen LogP contribution is -1.95. The third-order valence-corrected chi connectivity index (χ3v) is 6.20. The summed E-state index contributed by atoms with van der Waals surface area (Å²) in [5, 5.41) is 13.6. The predicted octanol–water partition coefficient (Wildman–Crippen LogP) is 5.84. The summed E-state index contributed by atoms with van der Waals surface area (Å²) in [6.45, 7) is 2.11. The number of methoxy groups -OCH3 is 2. The van der Waals surface area contributed by atoms with E-state index in [4.69, 9.17) is 9.47 Å². The molecule has 1 aromatic heterocycles. The molecule has 0 saturated carbocycles. The standard InChI is InChI=1S/C23H21NO3S/c1-14(16-4-5-18-13-20(27-3)11-8-17(18)12-16)23-24-22(25)21(28-23)15-6-9-19(26-2)10-7-15/h4-14,25H,1-3H3. The monoisotopic (exact) mass is 391 g/mol. The van der Waals surface area contributed by atoms with Crippen LogP contribution in [0.5, 0.6) is 17.4 Å². The van der Waals surface area contributed by atoms with Crippen molar-refractivity contribution in [1.82, 2.24) is 4.98 Å². The number of aromatic nitrogens is 1. The fraction of sp³-hybridized carbons (Fsp3) is 0.174. The van der Waals surface area contributed by atoms with E-state index in [9.17, 15) is 5.11 Å². The Kier molecular flexibility index (Phi) is 4.92. The Balaban J connectivity index is 1.66. The first-order valence-electron chi connectivity index (χ1n) is 9.01. The van der Waals surface area contributed by atoms with Crippen molar-refractivity contribution in [1.29, 1.82) is 0 Å². The van der Waals surface area contributed by atoms with Gasteiger partial charge < -0.3 is 14.6 Å². The van der Waals surface area contributed by atoms with Crippen LogP contribution < -0.4 is 9.47 Å². The molecule has 28 heavy (non-hydrogen) atoms. The molecule has 1 N–H and O–H groups in total. The first kappa shape index (κ1) is 18.3. The molecule has 1 heterocycles. The molecule has 0 aliphatic rings. The first-order chi connectivity index (χ1) is 13.6. The minimum atomic E-state index is 0.0718. The number of ether oxygens (including phenoxy) is 2. The van der Waals surface area contributed by atoms with Crippen LogP contribution in [0.15, 0.2) is 60.7 Å². The Morgan fingerprint density at radius 3 is 2.21 bits per heavy atom. The van der Waals surface area contributed by atoms with Gasteiger partial charge in [-0.3, -0.25) is 0 Å². The quantitative estimate of drug-likeness (QED) is 0.464. The van der Waals surface area contributed by atoms with E-state index < -0.39 is 0 Å². The van der Waals surface area contributed by atoms with Gasteiger partial charge in [0.2, 0.25) is 5.88 Å². The molecule has 1 unspecified atom stereocenters. The van der Waals surface area contributed by atoms with Crippen molar-refractivity contribution >= 4 is 22.1 Å². The number of rotatable bonds is 5. The number of hydrogen-bond acceptors (Lipinski definition) is 5. The molecule has 5 heteroatoms. The summed E-state index contributed by atoms with van der Waals surface area (Å²) in [4.78, 5) is 5.21. The van der Waals surface area contributed by atoms with Crippen molar-refractivity contribution in [2.45, 2.75) is 12.8 Å². The second-order valence-corrected chi connectivity index (χ2v) is 7.66. The van der Waals surface area contributed by atoms with Crippen LogP contribution in [0.3, 0.4) is 0 Å². The minimum absolute atomic E-state index is 0.0718. The summed E-state index contributed by atoms with van der Waals surface area (Å²) >= 11 is 1.52. The normalized spacial score (nSPS) is 12.1. The number of aromatic hydroxyl groups is 1. The van der Waals surface area contributed by atoms with Gasteiger partial charge in [0.15, 0.2) is 0 Å². The Hall–Kier alpha value is -3.05. The van der Waals surface area contributed by atoms with E-state index >= 15 is 0 Å². The first-order valence-corrected chi connectivity index (χ1v) is 9.82. The van der Waals surface area contributed by atoms with Crippen LogP contribution in [0.2, 0.25) is 0 Å². The lowest BCUT2D eigenvalue weighted by molar-refractivity contribution is 0.415. The van der Waals surface area contributed by atoms with E-state index in [0.717, 1.165) is 43.3 Å². The molecule has 0 aliphatic heterocycles. The topological polar surface area (TPSA) is 51.6 Å². The zero-order chi connectivity index (χ0) is 19.7. The average molecular weight is 391 g/mol. The molecule has 4 nitrogen and oxygen atoms in total. The number of benzene rings is 3. The van der Waals surface area contributed by atoms with Crippen LogP contribution in [0, 0.1) is 0 Å². The molecule has 4 aromatic rings. The van der Waals surface area contributed by atoms with Crippen molar-refractivity contribution in [2.24, 2.45) is 0 Å². The maximum Gasteiger partial charge on any atom is 0.230 e. The number of nitrogens with zero attached hydrogens (tertiary/aromatic N) is 1. The van der Waals surface area contributed by atoms with Crippen LogP contribution in [0.1, 0.15) is 23.4 Å². The van der Waals surface area contributed by atoms with Crippen molar-refractivity contribution in [3.63, 3.8) is 0 Å². The molecule has 0 fully saturated rings. The third-order valence-electron chi connectivity index (χ3n) is 4.92. The van der Waals surface area contributed by atoms with Gasteiger partial charge in [-0.2, -0.15) is 0 Å². The molecular weight excluding hydrogens is 370 g/mol. The fourth-order valence-corrected chi connectivity index (χ4v) is 4.27. The number of fused-ring (bicyclic) bond motifs is 1. The Morgan fingerprint density at radius 1 is 0.857 bits per heavy atom. The maximum atomic E-state index is 10.4. The third kappa shape index (κ3) is 3.41. The van der Waals surface area contributed by atoms with Gasteiger partial charge in [-0.1, -0.05) is 31.2 Å². The highest BCUT2D eigenvalue weighted by Crippen LogP contribution is 2.40. The van der Waals surface area contributed by atoms with Crippen molar-refractivity contribution in [2.75, 3.05) is 14.2 Å². The Bertz CT molecular complexity index is 1120. The van der Waals surface area contributed by atoms with Crippen LogP contribution in [0.25, 0.3) is 21.2 Å². The molecular formula is C23H21NO3S. The lowest BCUT2D eigenvalue weighted by atomic mass is 9.98. The molecule has 0 saturated heterocycles. The summed E-state index contributed by atoms with van der Waals surface area (Å²) in [6, 6.07) is 20.1. The summed E-state index contributed by atoms with van der Waals surface area (Å²) in [5.74, 6) is 1.79. The SMILES string of the molecule is COc1ccc(-c2sc(C(C)c3ccc4cc(OC)ccc4c3)nc2O)cc1. The van der Waals surface area contributed by atoms with Gasteiger partial charge in [-0.15, -0.1) is 11.3 Å². The molecule has 4 rings (SSSR count). The van der Waals surface area contributed by atoms with E-state index in [2.05, 4.69) is 36.2 Å². The molecule has 3 aromatic carbocycles. The number of hydrogen-bond donors (Lipinski definition) is 1. The van der Waals surface area contributed by atoms with Crippen molar-refractivity contribution < 1.29 is 14.6 Å². The molecule has 0 spiro atoms. The highest BCUT2D eigenvalue weighted by atomic mass is 32.1. The fourth-order valence-electron chi connectivity index (χ4n) is 3.23. The lowest BCUT2D eigenvalue weighted by Gasteiger charge is -2.10. The van der Waals surface area contributed by atoms with E-state index in [1.807, 2.05) is 36.4 Å². The van der Waals surface area contributed by atoms with E-state index in [1.54, 1.807) is 14.2 Å². The number of thiazole rings is 1. The van der Waals surface area contributed by atoms with Gasteiger partial charge in [0, 0.05) is 5.92 Å². The largest absolute Gasteiger partial charge is 0.497 e. The van der Waals surface area contributed by atoms with Gasteiger partial charge in [0.25, 0.3) is 0 Å². The average Bonchev–Trinajstić information content (AvgIpc) is 3.14. The minimum Gasteiger partial charge on any atom is -0.497 e. The predicted molar refractivity (Wildman–Crippen MR) is 114 cm³/mol. The molecule has 0 radical (unpaired) electrons. The van der Waals surface area contributed by atoms with Gasteiger partial charge in [0.1, 0.15) is 16.5 Å². The van der Waals surface area contributed by atoms with E-state index in [-0.39, 0.29) is 11.8 Å². The van der Waals surface area contributed by atoms with E-state index in [0.29, 0.717) is 0 Å². The van der Waals surface area contributed by atoms with Crippen LogP contribution in [-0.2, 0) is 0 Å². The van der Waals surface area contributed by atoms with E-state index in [1.165, 1.54) is 11.3 Å². The highest BCUT2D eigenvalue weighted by molar-refractivity contribution is 7.15. The summed E-state index contributed by atoms with van der Waals surface area (Å²) in [6.07, 6.45) is 0. The van der Waals surface area contributed by atoms with Gasteiger partial charge in [-0.05, 0) is 58.3 Å². The van der Waals surface area contributed by atoms with Gasteiger partial charge in [0.05, 0.1) is 19.1 Å². The Morgan fingerprint density at radius 2 is 1.50 bits per heavy atom. The van der Waals surface area contributed by atoms with Crippen molar-refractivity contribution in [3.05, 3.63) is 71.2 Å².